The molecule has 1 atom stereocenters. The summed E-state index contributed by atoms with van der Waals surface area (Å²) in [5.41, 5.74) is 2.62. The summed E-state index contributed by atoms with van der Waals surface area (Å²) in [6.45, 7) is 1.04. The van der Waals surface area contributed by atoms with Gasteiger partial charge in [-0.05, 0) is 47.5 Å². The highest BCUT2D eigenvalue weighted by molar-refractivity contribution is 7.92. The van der Waals surface area contributed by atoms with Crippen molar-refractivity contribution in [3.05, 3.63) is 83.9 Å². The first-order valence-electron chi connectivity index (χ1n) is 13.0. The van der Waals surface area contributed by atoms with E-state index >= 15 is 0 Å². The van der Waals surface area contributed by atoms with Gasteiger partial charge in [-0.2, -0.15) is 0 Å². The van der Waals surface area contributed by atoms with E-state index in [2.05, 4.69) is 14.8 Å². The maximum atomic E-state index is 11.6. The molecule has 4 rings (SSSR count). The highest BCUT2D eigenvalue weighted by atomic mass is 32.2. The fourth-order valence-electron chi connectivity index (χ4n) is 4.39. The number of aliphatic hydroxyl groups excluding tert-OH is 1. The first-order chi connectivity index (χ1) is 20.3. The van der Waals surface area contributed by atoms with E-state index < -0.39 is 32.3 Å². The topological polar surface area (TPSA) is 185 Å². The van der Waals surface area contributed by atoms with Gasteiger partial charge in [0, 0.05) is 42.0 Å². The molecule has 0 amide bonds. The smallest absolute Gasteiger partial charge is 0.492 e. The lowest BCUT2D eigenvalue weighted by molar-refractivity contribution is 0.141. The molecule has 3 aromatic carbocycles. The van der Waals surface area contributed by atoms with Crippen molar-refractivity contribution < 1.29 is 41.3 Å². The van der Waals surface area contributed by atoms with Crippen LogP contribution in [-0.4, -0.2) is 70.0 Å². The lowest BCUT2D eigenvalue weighted by Gasteiger charge is -2.14. The van der Waals surface area contributed by atoms with E-state index in [9.17, 15) is 31.8 Å². The molecule has 0 saturated carbocycles. The van der Waals surface area contributed by atoms with Crippen molar-refractivity contribution in [2.75, 3.05) is 41.7 Å². The summed E-state index contributed by atoms with van der Waals surface area (Å²) >= 11 is 0. The largest absolute Gasteiger partial charge is 0.512 e. The van der Waals surface area contributed by atoms with E-state index in [1.165, 1.54) is 0 Å². The Kier molecular flexibility index (Phi) is 9.80. The Bertz CT molecular complexity index is 1820. The van der Waals surface area contributed by atoms with Gasteiger partial charge in [-0.3, -0.25) is 9.44 Å². The zero-order valence-corrected chi connectivity index (χ0v) is 25.0. The van der Waals surface area contributed by atoms with Crippen LogP contribution in [0.1, 0.15) is 17.2 Å². The molecule has 5 N–H and O–H groups in total. The second kappa shape index (κ2) is 13.3. The number of benzene rings is 3. The van der Waals surface area contributed by atoms with E-state index in [4.69, 9.17) is 9.47 Å². The van der Waals surface area contributed by atoms with Gasteiger partial charge in [-0.15, -0.1) is 0 Å². The van der Waals surface area contributed by atoms with Gasteiger partial charge in [0.1, 0.15) is 12.4 Å². The van der Waals surface area contributed by atoms with Gasteiger partial charge in [0.25, 0.3) is 0 Å². The Hall–Kier alpha value is -4.31. The number of nitrogens with zero attached hydrogens (tertiary/aromatic N) is 1. The van der Waals surface area contributed by atoms with E-state index in [0.717, 1.165) is 12.5 Å². The number of hydrogen-bond acceptors (Lipinski definition) is 9. The van der Waals surface area contributed by atoms with Gasteiger partial charge in [0.05, 0.1) is 30.7 Å². The molecule has 0 fully saturated rings. The van der Waals surface area contributed by atoms with Crippen molar-refractivity contribution in [2.45, 2.75) is 12.6 Å². The average molecular weight is 633 g/mol. The highest BCUT2D eigenvalue weighted by Crippen LogP contribution is 2.30. The van der Waals surface area contributed by atoms with Crippen LogP contribution in [-0.2, 0) is 26.6 Å². The predicted molar refractivity (Wildman–Crippen MR) is 163 cm³/mol. The Morgan fingerprint density at radius 3 is 2.26 bits per heavy atom. The van der Waals surface area contributed by atoms with Crippen LogP contribution in [0.25, 0.3) is 10.9 Å². The third-order valence-electron chi connectivity index (χ3n) is 6.06. The Balaban J connectivity index is 1.41. The van der Waals surface area contributed by atoms with E-state index in [0.29, 0.717) is 45.7 Å². The first-order valence-corrected chi connectivity index (χ1v) is 16.7. The number of aromatic nitrogens is 1. The van der Waals surface area contributed by atoms with Crippen molar-refractivity contribution in [2.24, 2.45) is 0 Å². The summed E-state index contributed by atoms with van der Waals surface area (Å²) in [5.74, 6) is 0.607. The number of fused-ring (bicyclic) bond motifs is 1. The Morgan fingerprint density at radius 2 is 1.58 bits per heavy atom. The molecule has 0 aliphatic carbocycles. The molecule has 0 spiro atoms. The number of anilines is 2. The standard InChI is InChI=1S/C28H32N4O9S2/c1-42(36,37)30-22-7-3-5-19(13-22)18-32-25-16-24(10-9-20(25)15-27(32)41-28(34)35)40-12-11-29-17-26(33)21-6-4-8-23(14-21)31-43(2,38)39/h3-10,13-16,26,29-31,33H,11-12,17-18H2,1-2H3,(H,34,35)/t26-/m0/s1. The summed E-state index contributed by atoms with van der Waals surface area (Å²) in [4.78, 5) is 11.4. The first kappa shape index (κ1) is 31.6. The van der Waals surface area contributed by atoms with Crippen molar-refractivity contribution in [3.8, 4) is 11.6 Å². The van der Waals surface area contributed by atoms with E-state index in [1.54, 1.807) is 77.4 Å². The monoisotopic (exact) mass is 632 g/mol. The van der Waals surface area contributed by atoms with Crippen LogP contribution in [0, 0.1) is 0 Å². The maximum Gasteiger partial charge on any atom is 0.512 e. The molecule has 230 valence electrons. The normalized spacial score (nSPS) is 12.5. The van der Waals surface area contributed by atoms with Gasteiger partial charge < -0.3 is 29.6 Å². The minimum atomic E-state index is -3.48. The number of sulfonamides is 2. The Morgan fingerprint density at radius 1 is 0.907 bits per heavy atom. The van der Waals surface area contributed by atoms with Crippen LogP contribution >= 0.6 is 0 Å². The van der Waals surface area contributed by atoms with Gasteiger partial charge in [0.2, 0.25) is 25.9 Å². The number of nitrogens with one attached hydrogen (secondary N) is 3. The number of aliphatic hydroxyl groups is 1. The lowest BCUT2D eigenvalue weighted by atomic mass is 10.1. The molecule has 0 aliphatic heterocycles. The molecule has 1 aromatic heterocycles. The number of hydrogen-bond donors (Lipinski definition) is 5. The molecule has 0 saturated heterocycles. The highest BCUT2D eigenvalue weighted by Gasteiger charge is 2.15. The average Bonchev–Trinajstić information content (AvgIpc) is 3.22. The second-order valence-electron chi connectivity index (χ2n) is 9.80. The Labute approximate surface area is 249 Å². The zero-order chi connectivity index (χ0) is 31.2. The number of ether oxygens (including phenoxy) is 2. The van der Waals surface area contributed by atoms with E-state index in [-0.39, 0.29) is 25.6 Å². The lowest BCUT2D eigenvalue weighted by Crippen LogP contribution is -2.26. The summed E-state index contributed by atoms with van der Waals surface area (Å²) in [6, 6.07) is 20.1. The molecule has 0 aliphatic rings. The molecule has 0 bridgehead atoms. The molecule has 1 heterocycles. The second-order valence-corrected chi connectivity index (χ2v) is 13.3. The van der Waals surface area contributed by atoms with Crippen LogP contribution in [0.4, 0.5) is 16.2 Å². The molecular formula is C28H32N4O9S2. The third kappa shape index (κ3) is 9.61. The van der Waals surface area contributed by atoms with Gasteiger partial charge in [-0.25, -0.2) is 21.6 Å². The molecule has 15 heteroatoms. The van der Waals surface area contributed by atoms with Gasteiger partial charge in [-0.1, -0.05) is 24.3 Å². The number of carbonyl (C=O) groups is 1. The third-order valence-corrected chi connectivity index (χ3v) is 7.27. The SMILES string of the molecule is CS(=O)(=O)Nc1cccc(Cn2c(OC(=O)O)cc3ccc(OCCNC[C@H](O)c4cccc(NS(C)(=O)=O)c4)cc32)c1. The molecule has 0 radical (unpaired) electrons. The summed E-state index contributed by atoms with van der Waals surface area (Å²) in [5, 5.41) is 23.6. The minimum absolute atomic E-state index is 0.0904. The summed E-state index contributed by atoms with van der Waals surface area (Å²) in [6.07, 6.45) is -0.244. The quantitative estimate of drug-likeness (QED) is 0.102. The molecular weight excluding hydrogens is 600 g/mol. The number of rotatable bonds is 14. The molecule has 43 heavy (non-hydrogen) atoms. The van der Waals surface area contributed by atoms with E-state index in [1.807, 2.05) is 0 Å². The zero-order valence-electron chi connectivity index (χ0n) is 23.3. The van der Waals surface area contributed by atoms with Crippen LogP contribution in [0.5, 0.6) is 11.6 Å². The van der Waals surface area contributed by atoms with Crippen LogP contribution < -0.4 is 24.2 Å². The van der Waals surface area contributed by atoms with Gasteiger partial charge in [0.15, 0.2) is 0 Å². The molecule has 0 unspecified atom stereocenters. The molecule has 13 nitrogen and oxygen atoms in total. The summed E-state index contributed by atoms with van der Waals surface area (Å²) < 4.78 is 63.6. The fourth-order valence-corrected chi connectivity index (χ4v) is 5.50. The minimum Gasteiger partial charge on any atom is -0.492 e. The van der Waals surface area contributed by atoms with Crippen LogP contribution in [0.3, 0.4) is 0 Å². The van der Waals surface area contributed by atoms with Crippen molar-refractivity contribution in [1.82, 2.24) is 9.88 Å². The number of carboxylic acid groups (broad SMARTS) is 1. The van der Waals surface area contributed by atoms with Gasteiger partial charge >= 0.3 is 6.16 Å². The maximum absolute atomic E-state index is 11.6. The molecule has 4 aromatic rings. The van der Waals surface area contributed by atoms with Crippen LogP contribution in [0.15, 0.2) is 72.8 Å². The van der Waals surface area contributed by atoms with Crippen molar-refractivity contribution in [3.63, 3.8) is 0 Å². The summed E-state index contributed by atoms with van der Waals surface area (Å²) in [7, 11) is -6.91. The fraction of sp³-hybridized carbons (Fsp3) is 0.250. The van der Waals surface area contributed by atoms with Crippen molar-refractivity contribution in [1.29, 1.82) is 0 Å². The van der Waals surface area contributed by atoms with Crippen molar-refractivity contribution >= 4 is 48.5 Å². The van der Waals surface area contributed by atoms with Crippen LogP contribution in [0.2, 0.25) is 0 Å². The predicted octanol–water partition coefficient (Wildman–Crippen LogP) is 3.19.